The van der Waals surface area contributed by atoms with Crippen LogP contribution in [0.5, 0.6) is 0 Å². The van der Waals surface area contributed by atoms with Crippen molar-refractivity contribution in [2.75, 3.05) is 12.3 Å². The molecule has 0 spiro atoms. The van der Waals surface area contributed by atoms with Crippen molar-refractivity contribution in [3.8, 4) is 0 Å². The Morgan fingerprint density at radius 1 is 1.20 bits per heavy atom. The first-order valence-electron chi connectivity index (χ1n) is 9.24. The van der Waals surface area contributed by atoms with E-state index in [1.807, 2.05) is 13.8 Å². The minimum absolute atomic E-state index is 0.0612. The van der Waals surface area contributed by atoms with E-state index < -0.39 is 16.1 Å². The maximum absolute atomic E-state index is 12.6. The second-order valence-electron chi connectivity index (χ2n) is 7.56. The molecule has 0 aromatic heterocycles. The summed E-state index contributed by atoms with van der Waals surface area (Å²) in [4.78, 5) is 12.6. The fraction of sp³-hybridized carbons (Fsp3) is 0.632. The summed E-state index contributed by atoms with van der Waals surface area (Å²) in [6.45, 7) is 4.66. The zero-order chi connectivity index (χ0) is 18.0. The molecule has 1 heterocycles. The summed E-state index contributed by atoms with van der Waals surface area (Å²) in [5, 5.41) is 2.93. The molecular formula is C19H28N2O3S. The molecule has 0 radical (unpaired) electrons. The zero-order valence-electron chi connectivity index (χ0n) is 15.1. The van der Waals surface area contributed by atoms with Crippen LogP contribution in [0.2, 0.25) is 0 Å². The van der Waals surface area contributed by atoms with Crippen molar-refractivity contribution < 1.29 is 13.2 Å². The van der Waals surface area contributed by atoms with Crippen LogP contribution in [0.1, 0.15) is 56.6 Å². The number of hydrogen-bond donors (Lipinski definition) is 1. The van der Waals surface area contributed by atoms with Crippen LogP contribution in [0.25, 0.3) is 0 Å². The van der Waals surface area contributed by atoms with Crippen molar-refractivity contribution >= 4 is 15.9 Å². The molecule has 2 aliphatic rings. The highest BCUT2D eigenvalue weighted by Crippen LogP contribution is 2.36. The highest BCUT2D eigenvalue weighted by Gasteiger charge is 2.39. The van der Waals surface area contributed by atoms with Gasteiger partial charge >= 0.3 is 0 Å². The molecule has 0 unspecified atom stereocenters. The van der Waals surface area contributed by atoms with Crippen LogP contribution in [-0.4, -0.2) is 37.0 Å². The van der Waals surface area contributed by atoms with Crippen molar-refractivity contribution in [3.63, 3.8) is 0 Å². The van der Waals surface area contributed by atoms with Gasteiger partial charge in [-0.05, 0) is 42.2 Å². The molecule has 2 fully saturated rings. The first-order chi connectivity index (χ1) is 11.9. The number of hydrogen-bond acceptors (Lipinski definition) is 3. The molecule has 5 nitrogen and oxygen atoms in total. The monoisotopic (exact) mass is 364 g/mol. The van der Waals surface area contributed by atoms with Gasteiger partial charge in [0, 0.05) is 13.1 Å². The van der Waals surface area contributed by atoms with Crippen LogP contribution >= 0.6 is 0 Å². The normalized spacial score (nSPS) is 21.9. The molecule has 1 atom stereocenters. The molecule has 3 rings (SSSR count). The number of amides is 1. The van der Waals surface area contributed by atoms with Gasteiger partial charge in [0.1, 0.15) is 6.04 Å². The van der Waals surface area contributed by atoms with Crippen LogP contribution in [-0.2, 0) is 21.4 Å². The van der Waals surface area contributed by atoms with E-state index >= 15 is 0 Å². The summed E-state index contributed by atoms with van der Waals surface area (Å²) in [6, 6.07) is 7.80. The van der Waals surface area contributed by atoms with Crippen molar-refractivity contribution in [2.24, 2.45) is 5.92 Å². The van der Waals surface area contributed by atoms with E-state index in [1.54, 1.807) is 0 Å². The van der Waals surface area contributed by atoms with E-state index in [1.165, 1.54) is 29.1 Å². The van der Waals surface area contributed by atoms with Crippen molar-refractivity contribution in [2.45, 2.75) is 58.0 Å². The number of carbonyl (C=O) groups is 1. The lowest BCUT2D eigenvalue weighted by molar-refractivity contribution is -0.126. The Bertz CT molecular complexity index is 709. The summed E-state index contributed by atoms with van der Waals surface area (Å²) in [7, 11) is -3.30. The second-order valence-corrected chi connectivity index (χ2v) is 9.60. The summed E-state index contributed by atoms with van der Waals surface area (Å²) in [5.41, 5.74) is 2.42. The van der Waals surface area contributed by atoms with Gasteiger partial charge in [0.15, 0.2) is 0 Å². The van der Waals surface area contributed by atoms with Crippen LogP contribution < -0.4 is 5.32 Å². The third-order valence-electron chi connectivity index (χ3n) is 5.37. The van der Waals surface area contributed by atoms with E-state index in [2.05, 4.69) is 29.6 Å². The minimum atomic E-state index is -3.30. The first kappa shape index (κ1) is 18.4. The third-order valence-corrected chi connectivity index (χ3v) is 7.30. The van der Waals surface area contributed by atoms with E-state index in [4.69, 9.17) is 0 Å². The number of rotatable bonds is 6. The topological polar surface area (TPSA) is 66.5 Å². The fourth-order valence-electron chi connectivity index (χ4n) is 3.68. The number of carbonyl (C=O) groups excluding carboxylic acids is 1. The van der Waals surface area contributed by atoms with Gasteiger partial charge in [-0.2, -0.15) is 4.31 Å². The lowest BCUT2D eigenvalue weighted by Gasteiger charge is -2.28. The van der Waals surface area contributed by atoms with Crippen LogP contribution in [0, 0.1) is 5.92 Å². The van der Waals surface area contributed by atoms with E-state index in [-0.39, 0.29) is 17.6 Å². The number of nitrogens with zero attached hydrogens (tertiary/aromatic N) is 1. The Labute approximate surface area is 150 Å². The largest absolute Gasteiger partial charge is 0.351 e. The van der Waals surface area contributed by atoms with Gasteiger partial charge in [0.2, 0.25) is 15.9 Å². The minimum Gasteiger partial charge on any atom is -0.351 e. The Morgan fingerprint density at radius 2 is 1.88 bits per heavy atom. The lowest BCUT2D eigenvalue weighted by atomic mass is 9.80. The van der Waals surface area contributed by atoms with Crippen LogP contribution in [0.15, 0.2) is 24.3 Å². The van der Waals surface area contributed by atoms with Crippen LogP contribution in [0.3, 0.4) is 0 Å². The predicted molar refractivity (Wildman–Crippen MR) is 98.6 cm³/mol. The Morgan fingerprint density at radius 3 is 2.36 bits per heavy atom. The highest BCUT2D eigenvalue weighted by atomic mass is 32.2. The summed E-state index contributed by atoms with van der Waals surface area (Å²) >= 11 is 0. The molecule has 1 amide bonds. The average molecular weight is 365 g/mol. The van der Waals surface area contributed by atoms with Gasteiger partial charge in [0.25, 0.3) is 0 Å². The van der Waals surface area contributed by atoms with Crippen molar-refractivity contribution in [1.82, 2.24) is 9.62 Å². The standard InChI is InChI=1S/C19H28N2O3S/c1-14(2)18(21-11-4-12-25(21,23)24)19(22)20-13-15-7-9-17(10-8-15)16-5-3-6-16/h7-10,14,16,18H,3-6,11-13H2,1-2H3,(H,20,22)/t18-/m0/s1. The van der Waals surface area contributed by atoms with Crippen LogP contribution in [0.4, 0.5) is 0 Å². The molecule has 1 saturated heterocycles. The molecule has 1 N–H and O–H groups in total. The quantitative estimate of drug-likeness (QED) is 0.844. The Kier molecular flexibility index (Phi) is 5.49. The van der Waals surface area contributed by atoms with E-state index in [9.17, 15) is 13.2 Å². The highest BCUT2D eigenvalue weighted by molar-refractivity contribution is 7.89. The van der Waals surface area contributed by atoms with E-state index in [0.29, 0.717) is 25.4 Å². The molecule has 1 aliphatic carbocycles. The molecule has 25 heavy (non-hydrogen) atoms. The predicted octanol–water partition coefficient (Wildman–Crippen LogP) is 2.63. The molecule has 0 bridgehead atoms. The SMILES string of the molecule is CC(C)[C@@H](C(=O)NCc1ccc(C2CCC2)cc1)N1CCCS1(=O)=O. The third kappa shape index (κ3) is 4.06. The number of benzene rings is 1. The van der Waals surface area contributed by atoms with Gasteiger partial charge in [-0.1, -0.05) is 44.5 Å². The summed E-state index contributed by atoms with van der Waals surface area (Å²) in [5.74, 6) is 0.582. The average Bonchev–Trinajstić information content (AvgIpc) is 2.84. The number of sulfonamides is 1. The van der Waals surface area contributed by atoms with Crippen molar-refractivity contribution in [1.29, 1.82) is 0 Å². The van der Waals surface area contributed by atoms with Crippen molar-refractivity contribution in [3.05, 3.63) is 35.4 Å². The Balaban J connectivity index is 1.61. The molecule has 138 valence electrons. The maximum Gasteiger partial charge on any atom is 0.238 e. The Hall–Kier alpha value is -1.40. The molecule has 6 heteroatoms. The first-order valence-corrected chi connectivity index (χ1v) is 10.9. The molecular weight excluding hydrogens is 336 g/mol. The molecule has 1 saturated carbocycles. The molecule has 1 aromatic carbocycles. The fourth-order valence-corrected chi connectivity index (χ4v) is 5.50. The maximum atomic E-state index is 12.6. The van der Waals surface area contributed by atoms with Gasteiger partial charge in [-0.3, -0.25) is 4.79 Å². The lowest BCUT2D eigenvalue weighted by Crippen LogP contribution is -2.50. The summed E-state index contributed by atoms with van der Waals surface area (Å²) < 4.78 is 25.7. The second kappa shape index (κ2) is 7.46. The molecule has 1 aliphatic heterocycles. The van der Waals surface area contributed by atoms with E-state index in [0.717, 1.165) is 5.56 Å². The molecule has 1 aromatic rings. The van der Waals surface area contributed by atoms with Gasteiger partial charge in [-0.15, -0.1) is 0 Å². The van der Waals surface area contributed by atoms with Gasteiger partial charge < -0.3 is 5.32 Å². The van der Waals surface area contributed by atoms with Gasteiger partial charge in [-0.25, -0.2) is 8.42 Å². The number of nitrogens with one attached hydrogen (secondary N) is 1. The zero-order valence-corrected chi connectivity index (χ0v) is 15.9. The summed E-state index contributed by atoms with van der Waals surface area (Å²) in [6.07, 6.45) is 4.47. The smallest absolute Gasteiger partial charge is 0.238 e. The van der Waals surface area contributed by atoms with Gasteiger partial charge in [0.05, 0.1) is 5.75 Å².